The lowest BCUT2D eigenvalue weighted by molar-refractivity contribution is -0.385. The van der Waals surface area contributed by atoms with E-state index >= 15 is 0 Å². The molecule has 0 aliphatic carbocycles. The van der Waals surface area contributed by atoms with Crippen LogP contribution in [0.1, 0.15) is 20.8 Å². The van der Waals surface area contributed by atoms with Gasteiger partial charge in [-0.1, -0.05) is 6.07 Å². The molecule has 1 aromatic carbocycles. The summed E-state index contributed by atoms with van der Waals surface area (Å²) in [4.78, 5) is 27.0. The number of carbonyl (C=O) groups excluding carboxylic acids is 1. The molecule has 0 aliphatic rings. The molecular weight excluding hydrogens is 396 g/mol. The Morgan fingerprint density at radius 3 is 2.59 bits per heavy atom. The largest absolute Gasteiger partial charge is 0.493 e. The highest BCUT2D eigenvalue weighted by Gasteiger charge is 2.28. The summed E-state index contributed by atoms with van der Waals surface area (Å²) in [5.74, 6) is -0.0194. The second-order valence-corrected chi connectivity index (χ2v) is 7.20. The molecule has 152 valence electrons. The predicted molar refractivity (Wildman–Crippen MR) is 108 cm³/mol. The number of nitro groups is 1. The van der Waals surface area contributed by atoms with E-state index in [2.05, 4.69) is 0 Å². The molecule has 0 fully saturated rings. The van der Waals surface area contributed by atoms with Gasteiger partial charge in [0.25, 0.3) is 11.6 Å². The minimum atomic E-state index is -0.593. The molecule has 0 saturated carbocycles. The van der Waals surface area contributed by atoms with E-state index < -0.39 is 10.8 Å². The first-order valence-corrected chi connectivity index (χ1v) is 9.64. The van der Waals surface area contributed by atoms with Crippen molar-refractivity contribution in [3.63, 3.8) is 0 Å². The van der Waals surface area contributed by atoms with Crippen LogP contribution in [0.15, 0.2) is 52.7 Å². The van der Waals surface area contributed by atoms with Crippen molar-refractivity contribution >= 4 is 22.9 Å². The molecule has 0 atom stereocenters. The van der Waals surface area contributed by atoms with Gasteiger partial charge in [-0.2, -0.15) is 0 Å². The Morgan fingerprint density at radius 2 is 2.00 bits per heavy atom. The van der Waals surface area contributed by atoms with Gasteiger partial charge in [-0.15, -0.1) is 11.3 Å². The number of rotatable bonds is 9. The van der Waals surface area contributed by atoms with Gasteiger partial charge in [-0.3, -0.25) is 14.9 Å². The molecule has 0 unspecified atom stereocenters. The van der Waals surface area contributed by atoms with Gasteiger partial charge >= 0.3 is 0 Å². The zero-order chi connectivity index (χ0) is 20.8. The lowest BCUT2D eigenvalue weighted by Gasteiger charge is -2.22. The van der Waals surface area contributed by atoms with Crippen molar-refractivity contribution in [1.82, 2.24) is 4.90 Å². The smallest absolute Gasteiger partial charge is 0.286 e. The maximum atomic E-state index is 13.3. The zero-order valence-corrected chi connectivity index (χ0v) is 16.8. The Bertz CT molecular complexity index is 969. The van der Waals surface area contributed by atoms with E-state index in [1.54, 1.807) is 28.6 Å². The van der Waals surface area contributed by atoms with Crippen molar-refractivity contribution in [2.45, 2.75) is 13.0 Å². The maximum Gasteiger partial charge on any atom is 0.286 e. The average molecular weight is 416 g/mol. The highest BCUT2D eigenvalue weighted by molar-refractivity contribution is 7.09. The molecule has 2 heterocycles. The van der Waals surface area contributed by atoms with Crippen LogP contribution in [0.2, 0.25) is 0 Å². The topological polar surface area (TPSA) is 95.0 Å². The number of nitro benzene ring substituents is 1. The third-order valence-electron chi connectivity index (χ3n) is 4.38. The number of methoxy groups -OCH3 is 2. The SMILES string of the molecule is COc1cc(C(=O)N(CCc2cccs2)Cc2ccoc2)c([N+](=O)[O-])cc1OC. The second-order valence-electron chi connectivity index (χ2n) is 6.17. The lowest BCUT2D eigenvalue weighted by Crippen LogP contribution is -2.32. The fraction of sp³-hybridized carbons (Fsp3) is 0.250. The molecule has 3 rings (SSSR count). The highest BCUT2D eigenvalue weighted by atomic mass is 32.1. The van der Waals surface area contributed by atoms with Crippen molar-refractivity contribution < 1.29 is 23.6 Å². The minimum Gasteiger partial charge on any atom is -0.493 e. The van der Waals surface area contributed by atoms with Crippen LogP contribution in [0, 0.1) is 10.1 Å². The molecule has 0 bridgehead atoms. The third kappa shape index (κ3) is 4.75. The van der Waals surface area contributed by atoms with Gasteiger partial charge in [0.15, 0.2) is 11.5 Å². The van der Waals surface area contributed by atoms with E-state index in [9.17, 15) is 14.9 Å². The molecule has 2 aromatic heterocycles. The van der Waals surface area contributed by atoms with Gasteiger partial charge < -0.3 is 18.8 Å². The summed E-state index contributed by atoms with van der Waals surface area (Å²) in [5, 5.41) is 13.6. The maximum absolute atomic E-state index is 13.3. The number of ether oxygens (including phenoxy) is 2. The summed E-state index contributed by atoms with van der Waals surface area (Å²) in [5.41, 5.74) is 0.413. The summed E-state index contributed by atoms with van der Waals surface area (Å²) < 4.78 is 15.5. The number of furan rings is 1. The van der Waals surface area contributed by atoms with E-state index in [0.717, 1.165) is 10.4 Å². The molecular formula is C20H20N2O6S. The van der Waals surface area contributed by atoms with E-state index in [1.807, 2.05) is 17.5 Å². The van der Waals surface area contributed by atoms with Crippen molar-refractivity contribution in [2.75, 3.05) is 20.8 Å². The van der Waals surface area contributed by atoms with Gasteiger partial charge in [0.2, 0.25) is 0 Å². The van der Waals surface area contributed by atoms with Crippen molar-refractivity contribution in [3.8, 4) is 11.5 Å². The first kappa shape index (κ1) is 20.4. The Kier molecular flexibility index (Phi) is 6.50. The fourth-order valence-corrected chi connectivity index (χ4v) is 3.61. The van der Waals surface area contributed by atoms with Gasteiger partial charge in [0.1, 0.15) is 5.56 Å². The number of benzene rings is 1. The molecule has 9 heteroatoms. The van der Waals surface area contributed by atoms with Gasteiger partial charge in [0, 0.05) is 29.6 Å². The number of nitrogens with zero attached hydrogens (tertiary/aromatic N) is 2. The molecule has 1 amide bonds. The normalized spacial score (nSPS) is 10.6. The van der Waals surface area contributed by atoms with Crippen LogP contribution in [0.4, 0.5) is 5.69 Å². The number of hydrogen-bond donors (Lipinski definition) is 0. The number of hydrogen-bond acceptors (Lipinski definition) is 7. The molecule has 0 saturated heterocycles. The summed E-state index contributed by atoms with van der Waals surface area (Å²) in [7, 11) is 2.80. The summed E-state index contributed by atoms with van der Waals surface area (Å²) in [6, 6.07) is 8.26. The third-order valence-corrected chi connectivity index (χ3v) is 5.31. The van der Waals surface area contributed by atoms with Crippen LogP contribution < -0.4 is 9.47 Å². The van der Waals surface area contributed by atoms with Crippen LogP contribution >= 0.6 is 11.3 Å². The fourth-order valence-electron chi connectivity index (χ4n) is 2.92. The van der Waals surface area contributed by atoms with Crippen molar-refractivity contribution in [2.24, 2.45) is 0 Å². The lowest BCUT2D eigenvalue weighted by atomic mass is 10.1. The number of amides is 1. The predicted octanol–water partition coefficient (Wildman–Crippen LogP) is 4.15. The summed E-state index contributed by atoms with van der Waals surface area (Å²) in [6.07, 6.45) is 3.72. The van der Waals surface area contributed by atoms with Crippen LogP contribution in [-0.2, 0) is 13.0 Å². The quantitative estimate of drug-likeness (QED) is 0.384. The monoisotopic (exact) mass is 416 g/mol. The summed E-state index contributed by atoms with van der Waals surface area (Å²) >= 11 is 1.60. The van der Waals surface area contributed by atoms with Crippen LogP contribution in [0.5, 0.6) is 11.5 Å². The van der Waals surface area contributed by atoms with E-state index in [0.29, 0.717) is 13.0 Å². The zero-order valence-electron chi connectivity index (χ0n) is 16.0. The minimum absolute atomic E-state index is 0.0534. The Balaban J connectivity index is 1.95. The van der Waals surface area contributed by atoms with E-state index in [1.165, 1.54) is 32.6 Å². The second kappa shape index (κ2) is 9.24. The van der Waals surface area contributed by atoms with Crippen LogP contribution in [0.3, 0.4) is 0 Å². The molecule has 0 spiro atoms. The molecule has 3 aromatic rings. The molecule has 8 nitrogen and oxygen atoms in total. The van der Waals surface area contributed by atoms with Crippen molar-refractivity contribution in [3.05, 3.63) is 74.4 Å². The Hall–Kier alpha value is -3.33. The van der Waals surface area contributed by atoms with Gasteiger partial charge in [-0.25, -0.2) is 0 Å². The standard InChI is InChI=1S/C20H20N2O6S/c1-26-18-10-16(17(22(24)25)11-19(18)27-2)20(23)21(12-14-6-8-28-13-14)7-5-15-4-3-9-29-15/h3-4,6,8-11,13H,5,7,12H2,1-2H3. The Labute approximate surface area is 171 Å². The number of thiophene rings is 1. The van der Waals surface area contributed by atoms with E-state index in [4.69, 9.17) is 13.9 Å². The Morgan fingerprint density at radius 1 is 1.24 bits per heavy atom. The highest BCUT2D eigenvalue weighted by Crippen LogP contribution is 2.35. The molecule has 0 aliphatic heterocycles. The van der Waals surface area contributed by atoms with Crippen molar-refractivity contribution in [1.29, 1.82) is 0 Å². The van der Waals surface area contributed by atoms with Gasteiger partial charge in [-0.05, 0) is 23.9 Å². The number of carbonyl (C=O) groups is 1. The van der Waals surface area contributed by atoms with Crippen LogP contribution in [0.25, 0.3) is 0 Å². The summed E-state index contributed by atoms with van der Waals surface area (Å²) in [6.45, 7) is 0.669. The first-order chi connectivity index (χ1) is 14.0. The molecule has 29 heavy (non-hydrogen) atoms. The molecule has 0 radical (unpaired) electrons. The van der Waals surface area contributed by atoms with Gasteiger partial charge in [0.05, 0.1) is 37.7 Å². The first-order valence-electron chi connectivity index (χ1n) is 8.76. The van der Waals surface area contributed by atoms with E-state index in [-0.39, 0.29) is 29.3 Å². The molecule has 0 N–H and O–H groups in total. The average Bonchev–Trinajstić information content (AvgIpc) is 3.43. The van der Waals surface area contributed by atoms with Crippen LogP contribution in [-0.4, -0.2) is 36.5 Å².